The fraction of sp³-hybridized carbons (Fsp3) is 0.500. The average Bonchev–Trinajstić information content (AvgIpc) is 2.93. The van der Waals surface area contributed by atoms with E-state index in [-0.39, 0.29) is 10.9 Å². The van der Waals surface area contributed by atoms with Gasteiger partial charge in [0, 0.05) is 32.3 Å². The van der Waals surface area contributed by atoms with E-state index in [9.17, 15) is 4.79 Å². The number of carbonyl (C=O) groups is 1. The molecule has 1 aromatic rings. The van der Waals surface area contributed by atoms with Crippen LogP contribution in [-0.2, 0) is 4.79 Å². The predicted molar refractivity (Wildman–Crippen MR) is 76.8 cm³/mol. The molecule has 1 aliphatic heterocycles. The molecular formula is C12H17N5OS. The second kappa shape index (κ2) is 6.42. The SMILES string of the molecule is NC(=S)c1ccnc(NCCC(=O)N2CCCC2)n1. The lowest BCUT2D eigenvalue weighted by Gasteiger charge is -2.15. The number of hydrogen-bond acceptors (Lipinski definition) is 5. The maximum absolute atomic E-state index is 11.8. The molecule has 0 bridgehead atoms. The van der Waals surface area contributed by atoms with E-state index < -0.39 is 0 Å². The molecule has 19 heavy (non-hydrogen) atoms. The number of nitrogens with zero attached hydrogens (tertiary/aromatic N) is 3. The van der Waals surface area contributed by atoms with E-state index in [2.05, 4.69) is 15.3 Å². The van der Waals surface area contributed by atoms with Crippen molar-refractivity contribution >= 4 is 29.1 Å². The van der Waals surface area contributed by atoms with Crippen LogP contribution in [0.5, 0.6) is 0 Å². The zero-order chi connectivity index (χ0) is 13.7. The molecule has 0 radical (unpaired) electrons. The van der Waals surface area contributed by atoms with Crippen molar-refractivity contribution in [3.8, 4) is 0 Å². The van der Waals surface area contributed by atoms with Gasteiger partial charge in [0.25, 0.3) is 0 Å². The predicted octanol–water partition coefficient (Wildman–Crippen LogP) is 0.535. The maximum atomic E-state index is 11.8. The Balaban J connectivity index is 1.80. The summed E-state index contributed by atoms with van der Waals surface area (Å²) in [7, 11) is 0. The first kappa shape index (κ1) is 13.7. The standard InChI is InChI=1S/C12H17N5OS/c13-11(19)9-3-5-14-12(16-9)15-6-4-10(18)17-7-1-2-8-17/h3,5H,1-2,4,6-8H2,(H2,13,19)(H,14,15,16). The molecule has 0 atom stereocenters. The molecule has 0 saturated carbocycles. The first-order valence-corrected chi connectivity index (χ1v) is 6.72. The third-order valence-corrected chi connectivity index (χ3v) is 3.20. The highest BCUT2D eigenvalue weighted by Crippen LogP contribution is 2.09. The zero-order valence-electron chi connectivity index (χ0n) is 10.6. The molecule has 6 nitrogen and oxygen atoms in total. The molecule has 2 rings (SSSR count). The average molecular weight is 279 g/mol. The molecule has 1 aromatic heterocycles. The number of hydrogen-bond donors (Lipinski definition) is 2. The van der Waals surface area contributed by atoms with Gasteiger partial charge in [-0.2, -0.15) is 0 Å². The first-order chi connectivity index (χ1) is 9.16. The summed E-state index contributed by atoms with van der Waals surface area (Å²) in [4.78, 5) is 22.2. The summed E-state index contributed by atoms with van der Waals surface area (Å²) in [6.07, 6.45) is 4.25. The minimum absolute atomic E-state index is 0.176. The Hall–Kier alpha value is -1.76. The number of thiocarbonyl (C=S) groups is 1. The topological polar surface area (TPSA) is 84.1 Å². The van der Waals surface area contributed by atoms with Crippen molar-refractivity contribution in [2.75, 3.05) is 25.0 Å². The molecule has 1 aliphatic rings. The van der Waals surface area contributed by atoms with Crippen LogP contribution >= 0.6 is 12.2 Å². The highest BCUT2D eigenvalue weighted by Gasteiger charge is 2.17. The summed E-state index contributed by atoms with van der Waals surface area (Å²) in [5, 5.41) is 3.01. The van der Waals surface area contributed by atoms with Crippen LogP contribution in [-0.4, -0.2) is 45.4 Å². The van der Waals surface area contributed by atoms with Crippen LogP contribution in [0, 0.1) is 0 Å². The smallest absolute Gasteiger partial charge is 0.224 e. The Labute approximate surface area is 117 Å². The van der Waals surface area contributed by atoms with Crippen molar-refractivity contribution < 1.29 is 4.79 Å². The van der Waals surface area contributed by atoms with Crippen LogP contribution in [0.15, 0.2) is 12.3 Å². The number of carbonyl (C=O) groups excluding carboxylic acids is 1. The van der Waals surface area contributed by atoms with Gasteiger partial charge < -0.3 is 16.0 Å². The number of anilines is 1. The molecule has 1 amide bonds. The van der Waals surface area contributed by atoms with Crippen molar-refractivity contribution in [3.05, 3.63) is 18.0 Å². The molecule has 102 valence electrons. The van der Waals surface area contributed by atoms with E-state index in [1.54, 1.807) is 12.3 Å². The normalized spacial score (nSPS) is 14.4. The maximum Gasteiger partial charge on any atom is 0.224 e. The van der Waals surface area contributed by atoms with Gasteiger partial charge in [-0.1, -0.05) is 12.2 Å². The first-order valence-electron chi connectivity index (χ1n) is 6.31. The summed E-state index contributed by atoms with van der Waals surface area (Å²) in [6, 6.07) is 1.66. The second-order valence-electron chi connectivity index (χ2n) is 4.39. The molecule has 7 heteroatoms. The zero-order valence-corrected chi connectivity index (χ0v) is 11.4. The number of nitrogens with one attached hydrogen (secondary N) is 1. The molecule has 0 aromatic carbocycles. The minimum atomic E-state index is 0.176. The molecule has 0 spiro atoms. The molecular weight excluding hydrogens is 262 g/mol. The van der Waals surface area contributed by atoms with Crippen LogP contribution in [0.1, 0.15) is 25.0 Å². The summed E-state index contributed by atoms with van der Waals surface area (Å²) >= 11 is 4.85. The van der Waals surface area contributed by atoms with Crippen molar-refractivity contribution in [2.24, 2.45) is 5.73 Å². The minimum Gasteiger partial charge on any atom is -0.388 e. The highest BCUT2D eigenvalue weighted by molar-refractivity contribution is 7.80. The molecule has 3 N–H and O–H groups in total. The Morgan fingerprint density at radius 3 is 2.89 bits per heavy atom. The summed E-state index contributed by atoms with van der Waals surface area (Å²) in [5.74, 6) is 0.620. The third kappa shape index (κ3) is 3.85. The largest absolute Gasteiger partial charge is 0.388 e. The summed E-state index contributed by atoms with van der Waals surface area (Å²) < 4.78 is 0. The monoisotopic (exact) mass is 279 g/mol. The van der Waals surface area contributed by atoms with Gasteiger partial charge in [0.15, 0.2) is 0 Å². The molecule has 2 heterocycles. The van der Waals surface area contributed by atoms with E-state index in [1.165, 1.54) is 0 Å². The van der Waals surface area contributed by atoms with E-state index in [0.717, 1.165) is 25.9 Å². The van der Waals surface area contributed by atoms with Gasteiger partial charge in [0.2, 0.25) is 11.9 Å². The fourth-order valence-corrected chi connectivity index (χ4v) is 2.10. The Bertz CT molecular complexity index is 473. The molecule has 0 unspecified atom stereocenters. The Morgan fingerprint density at radius 1 is 1.47 bits per heavy atom. The molecule has 1 saturated heterocycles. The van der Waals surface area contributed by atoms with Gasteiger partial charge in [0.05, 0.1) is 0 Å². The lowest BCUT2D eigenvalue weighted by molar-refractivity contribution is -0.129. The third-order valence-electron chi connectivity index (χ3n) is 2.99. The van der Waals surface area contributed by atoms with Gasteiger partial charge in [-0.05, 0) is 18.9 Å². The van der Waals surface area contributed by atoms with Gasteiger partial charge >= 0.3 is 0 Å². The van der Waals surface area contributed by atoms with E-state index >= 15 is 0 Å². The Kier molecular flexibility index (Phi) is 4.62. The van der Waals surface area contributed by atoms with Gasteiger partial charge in [-0.25, -0.2) is 9.97 Å². The van der Waals surface area contributed by atoms with Gasteiger partial charge in [0.1, 0.15) is 10.7 Å². The highest BCUT2D eigenvalue weighted by atomic mass is 32.1. The number of amides is 1. The van der Waals surface area contributed by atoms with Crippen LogP contribution in [0.2, 0.25) is 0 Å². The fourth-order valence-electron chi connectivity index (χ4n) is 1.99. The van der Waals surface area contributed by atoms with Crippen molar-refractivity contribution in [1.82, 2.24) is 14.9 Å². The summed E-state index contributed by atoms with van der Waals surface area (Å²) in [5.41, 5.74) is 6.02. The van der Waals surface area contributed by atoms with Crippen molar-refractivity contribution in [2.45, 2.75) is 19.3 Å². The van der Waals surface area contributed by atoms with Crippen LogP contribution in [0.25, 0.3) is 0 Å². The van der Waals surface area contributed by atoms with Gasteiger partial charge in [-0.15, -0.1) is 0 Å². The number of aromatic nitrogens is 2. The summed E-state index contributed by atoms with van der Waals surface area (Å²) in [6.45, 7) is 2.27. The van der Waals surface area contributed by atoms with Gasteiger partial charge in [-0.3, -0.25) is 4.79 Å². The van der Waals surface area contributed by atoms with Crippen LogP contribution in [0.3, 0.4) is 0 Å². The quantitative estimate of drug-likeness (QED) is 0.765. The van der Waals surface area contributed by atoms with Crippen LogP contribution in [0.4, 0.5) is 5.95 Å². The molecule has 1 fully saturated rings. The van der Waals surface area contributed by atoms with Crippen LogP contribution < -0.4 is 11.1 Å². The van der Waals surface area contributed by atoms with E-state index in [1.807, 2.05) is 4.90 Å². The lowest BCUT2D eigenvalue weighted by atomic mass is 10.3. The lowest BCUT2D eigenvalue weighted by Crippen LogP contribution is -2.29. The Morgan fingerprint density at radius 2 is 2.21 bits per heavy atom. The number of rotatable bonds is 5. The van der Waals surface area contributed by atoms with Crippen molar-refractivity contribution in [3.63, 3.8) is 0 Å². The van der Waals surface area contributed by atoms with Crippen molar-refractivity contribution in [1.29, 1.82) is 0 Å². The molecule has 0 aliphatic carbocycles. The second-order valence-corrected chi connectivity index (χ2v) is 4.83. The number of nitrogens with two attached hydrogens (primary N) is 1. The van der Waals surface area contributed by atoms with E-state index in [0.29, 0.717) is 24.6 Å². The number of likely N-dealkylation sites (tertiary alicyclic amines) is 1. The van der Waals surface area contributed by atoms with E-state index in [4.69, 9.17) is 18.0 Å².